The van der Waals surface area contributed by atoms with Gasteiger partial charge in [0.15, 0.2) is 0 Å². The van der Waals surface area contributed by atoms with Crippen molar-refractivity contribution in [2.45, 2.75) is 6.92 Å². The van der Waals surface area contributed by atoms with Crippen LogP contribution in [-0.4, -0.2) is 23.5 Å². The Labute approximate surface area is 120 Å². The first-order valence-electron chi connectivity index (χ1n) is 5.57. The number of carboxylic acid groups (broad SMARTS) is 1. The van der Waals surface area contributed by atoms with Gasteiger partial charge in [0.2, 0.25) is 0 Å². The van der Waals surface area contributed by atoms with E-state index >= 15 is 0 Å². The highest BCUT2D eigenvalue weighted by atomic mass is 35.5. The first-order chi connectivity index (χ1) is 9.43. The number of nitrogens with zero attached hydrogens (tertiary/aromatic N) is 1. The van der Waals surface area contributed by atoms with Crippen molar-refractivity contribution in [3.05, 3.63) is 40.6 Å². The van der Waals surface area contributed by atoms with Crippen molar-refractivity contribution in [1.29, 1.82) is 5.26 Å². The molecule has 0 atom stereocenters. The fraction of sp³-hybridized carbons (Fsp3) is 0.154. The van der Waals surface area contributed by atoms with Crippen LogP contribution in [0.2, 0.25) is 5.02 Å². The number of benzene rings is 1. The second kappa shape index (κ2) is 7.16. The summed E-state index contributed by atoms with van der Waals surface area (Å²) in [5, 5.41) is 22.7. The van der Waals surface area contributed by atoms with Crippen LogP contribution in [0.1, 0.15) is 5.56 Å². The fourth-order valence-corrected chi connectivity index (χ4v) is 1.42. The summed E-state index contributed by atoms with van der Waals surface area (Å²) in [6.45, 7) is 1.30. The molecule has 0 aliphatic rings. The Hall–Kier alpha value is -2.52. The van der Waals surface area contributed by atoms with Crippen molar-refractivity contribution in [3.8, 4) is 6.07 Å². The number of carbonyl (C=O) groups excluding carboxylic acids is 1. The molecule has 20 heavy (non-hydrogen) atoms. The molecule has 0 radical (unpaired) electrons. The van der Waals surface area contributed by atoms with E-state index in [0.717, 1.165) is 5.56 Å². The van der Waals surface area contributed by atoms with Crippen molar-refractivity contribution in [1.82, 2.24) is 5.32 Å². The molecule has 1 rings (SSSR count). The van der Waals surface area contributed by atoms with Gasteiger partial charge in [0.05, 0.1) is 0 Å². The molecule has 0 unspecified atom stereocenters. The molecule has 0 aliphatic heterocycles. The van der Waals surface area contributed by atoms with Crippen LogP contribution in [0, 0.1) is 18.3 Å². The number of amides is 1. The number of aryl methyl sites for hydroxylation is 1. The van der Waals surface area contributed by atoms with Gasteiger partial charge in [-0.25, -0.2) is 0 Å². The Bertz CT molecular complexity index is 605. The number of carbonyl (C=O) groups is 2. The molecule has 0 fully saturated rings. The van der Waals surface area contributed by atoms with Crippen molar-refractivity contribution in [2.75, 3.05) is 11.9 Å². The Kier molecular flexibility index (Phi) is 5.56. The van der Waals surface area contributed by atoms with Gasteiger partial charge < -0.3 is 15.7 Å². The van der Waals surface area contributed by atoms with E-state index in [4.69, 9.17) is 22.0 Å². The number of aliphatic carboxylic acids is 1. The maximum atomic E-state index is 11.5. The number of nitriles is 1. The van der Waals surface area contributed by atoms with Crippen LogP contribution < -0.4 is 10.6 Å². The zero-order valence-electron chi connectivity index (χ0n) is 10.6. The van der Waals surface area contributed by atoms with E-state index in [1.807, 2.05) is 6.92 Å². The van der Waals surface area contributed by atoms with Gasteiger partial charge in [-0.2, -0.15) is 5.26 Å². The third-order valence-corrected chi connectivity index (χ3v) is 2.73. The first-order valence-corrected chi connectivity index (χ1v) is 5.94. The van der Waals surface area contributed by atoms with Crippen LogP contribution in [0.4, 0.5) is 5.69 Å². The van der Waals surface area contributed by atoms with Crippen molar-refractivity contribution in [2.24, 2.45) is 0 Å². The Morgan fingerprint density at radius 3 is 2.75 bits per heavy atom. The highest BCUT2D eigenvalue weighted by Crippen LogP contribution is 2.20. The van der Waals surface area contributed by atoms with Crippen LogP contribution in [0.15, 0.2) is 30.0 Å². The zero-order chi connectivity index (χ0) is 15.1. The minimum Gasteiger partial charge on any atom is -0.480 e. The van der Waals surface area contributed by atoms with Gasteiger partial charge in [-0.15, -0.1) is 0 Å². The summed E-state index contributed by atoms with van der Waals surface area (Å²) in [5.74, 6) is -1.95. The van der Waals surface area contributed by atoms with Gasteiger partial charge in [0.25, 0.3) is 5.91 Å². The molecule has 0 bridgehead atoms. The molecule has 0 spiro atoms. The molecule has 0 heterocycles. The van der Waals surface area contributed by atoms with Gasteiger partial charge in [0, 0.05) is 16.9 Å². The van der Waals surface area contributed by atoms with Crippen molar-refractivity contribution >= 4 is 29.2 Å². The molecule has 0 aliphatic carbocycles. The van der Waals surface area contributed by atoms with Crippen LogP contribution in [0.25, 0.3) is 0 Å². The molecule has 1 aromatic carbocycles. The highest BCUT2D eigenvalue weighted by Gasteiger charge is 2.09. The minimum atomic E-state index is -1.19. The van der Waals surface area contributed by atoms with Crippen LogP contribution in [0.5, 0.6) is 0 Å². The Balaban J connectivity index is 2.75. The number of hydrogen-bond acceptors (Lipinski definition) is 4. The number of halogens is 1. The molecule has 3 N–H and O–H groups in total. The van der Waals surface area contributed by atoms with E-state index in [0.29, 0.717) is 10.7 Å². The van der Waals surface area contributed by atoms with Gasteiger partial charge in [-0.3, -0.25) is 9.59 Å². The molecule has 1 amide bonds. The monoisotopic (exact) mass is 293 g/mol. The zero-order valence-corrected chi connectivity index (χ0v) is 11.4. The van der Waals surface area contributed by atoms with E-state index in [1.165, 1.54) is 6.20 Å². The third-order valence-electron chi connectivity index (χ3n) is 2.32. The van der Waals surface area contributed by atoms with Crippen LogP contribution >= 0.6 is 11.6 Å². The molecule has 0 aromatic heterocycles. The lowest BCUT2D eigenvalue weighted by Crippen LogP contribution is -2.30. The van der Waals surface area contributed by atoms with Crippen molar-refractivity contribution < 1.29 is 14.7 Å². The second-order valence-corrected chi connectivity index (χ2v) is 4.26. The normalized spacial score (nSPS) is 10.6. The summed E-state index contributed by atoms with van der Waals surface area (Å²) in [4.78, 5) is 21.8. The average molecular weight is 294 g/mol. The minimum absolute atomic E-state index is 0.233. The van der Waals surface area contributed by atoms with Gasteiger partial charge in [-0.1, -0.05) is 17.7 Å². The summed E-state index contributed by atoms with van der Waals surface area (Å²) in [7, 11) is 0. The molecular formula is C13H12ClN3O3. The summed E-state index contributed by atoms with van der Waals surface area (Å²) in [6.07, 6.45) is 1.19. The molecule has 7 heteroatoms. The summed E-state index contributed by atoms with van der Waals surface area (Å²) in [5.41, 5.74) is 1.28. The third kappa shape index (κ3) is 4.63. The van der Waals surface area contributed by atoms with Crippen LogP contribution in [0.3, 0.4) is 0 Å². The number of anilines is 1. The summed E-state index contributed by atoms with van der Waals surface area (Å²) in [6, 6.07) is 6.86. The van der Waals surface area contributed by atoms with Gasteiger partial charge in [-0.05, 0) is 24.6 Å². The maximum absolute atomic E-state index is 11.5. The second-order valence-electron chi connectivity index (χ2n) is 3.85. The van der Waals surface area contributed by atoms with Gasteiger partial charge in [0.1, 0.15) is 18.2 Å². The Morgan fingerprint density at radius 1 is 1.50 bits per heavy atom. The molecular weight excluding hydrogens is 282 g/mol. The number of hydrogen-bond donors (Lipinski definition) is 3. The molecule has 104 valence electrons. The van der Waals surface area contributed by atoms with E-state index in [-0.39, 0.29) is 5.57 Å². The molecule has 1 aromatic rings. The lowest BCUT2D eigenvalue weighted by Gasteiger charge is -2.05. The predicted octanol–water partition coefficient (Wildman–Crippen LogP) is 1.67. The highest BCUT2D eigenvalue weighted by molar-refractivity contribution is 6.31. The largest absolute Gasteiger partial charge is 0.480 e. The average Bonchev–Trinajstić information content (AvgIpc) is 2.41. The molecule has 6 nitrogen and oxygen atoms in total. The summed E-state index contributed by atoms with van der Waals surface area (Å²) < 4.78 is 0. The topological polar surface area (TPSA) is 102 Å². The van der Waals surface area contributed by atoms with Crippen molar-refractivity contribution in [3.63, 3.8) is 0 Å². The quantitative estimate of drug-likeness (QED) is 0.566. The predicted molar refractivity (Wildman–Crippen MR) is 74.2 cm³/mol. The standard InChI is InChI=1S/C13H12ClN3O3/c1-8-2-3-10(4-11(8)14)16-6-9(5-15)13(20)17-7-12(18)19/h2-4,6,16H,7H2,1H3,(H,17,20)(H,18,19)/b9-6-. The van der Waals surface area contributed by atoms with Gasteiger partial charge >= 0.3 is 5.97 Å². The van der Waals surface area contributed by atoms with E-state index in [2.05, 4.69) is 10.6 Å². The lowest BCUT2D eigenvalue weighted by molar-refractivity contribution is -0.137. The maximum Gasteiger partial charge on any atom is 0.322 e. The SMILES string of the molecule is Cc1ccc(N/C=C(/C#N)C(=O)NCC(=O)O)cc1Cl. The van der Waals surface area contributed by atoms with Crippen LogP contribution in [-0.2, 0) is 9.59 Å². The van der Waals surface area contributed by atoms with E-state index in [9.17, 15) is 9.59 Å². The number of nitrogens with one attached hydrogen (secondary N) is 2. The number of rotatable bonds is 5. The number of carboxylic acids is 1. The van der Waals surface area contributed by atoms with E-state index in [1.54, 1.807) is 24.3 Å². The smallest absolute Gasteiger partial charge is 0.322 e. The summed E-state index contributed by atoms with van der Waals surface area (Å²) >= 11 is 5.94. The first kappa shape index (κ1) is 15.5. The lowest BCUT2D eigenvalue weighted by atomic mass is 10.2. The Morgan fingerprint density at radius 2 is 2.20 bits per heavy atom. The van der Waals surface area contributed by atoms with E-state index < -0.39 is 18.4 Å². The fourth-order valence-electron chi connectivity index (χ4n) is 1.24. The molecule has 0 saturated carbocycles. The molecule has 0 saturated heterocycles.